The maximum atomic E-state index is 12.5. The van der Waals surface area contributed by atoms with E-state index in [1.54, 1.807) is 6.92 Å². The number of hydrogen-bond donors (Lipinski definition) is 3. The second-order valence-corrected chi connectivity index (χ2v) is 6.81. The number of cyclic esters (lactones) is 1. The van der Waals surface area contributed by atoms with Crippen molar-refractivity contribution in [3.63, 3.8) is 0 Å². The normalized spacial score (nSPS) is 24.7. The maximum absolute atomic E-state index is 12.5. The molecule has 0 amide bonds. The van der Waals surface area contributed by atoms with Crippen LogP contribution >= 0.6 is 23.2 Å². The van der Waals surface area contributed by atoms with E-state index in [1.165, 1.54) is 24.3 Å². The lowest BCUT2D eigenvalue weighted by Crippen LogP contribution is -2.27. The zero-order chi connectivity index (χ0) is 19.4. The SMILES string of the molecule is CC1CC(O)C(Cl)C=CC=CC(=O)Cc2c(Cl)c(O)cc(O)c2C(=O)O1. The summed E-state index contributed by atoms with van der Waals surface area (Å²) in [5.74, 6) is -2.36. The van der Waals surface area contributed by atoms with Crippen LogP contribution in [0, 0.1) is 0 Å². The molecule has 140 valence electrons. The summed E-state index contributed by atoms with van der Waals surface area (Å²) >= 11 is 12.1. The molecule has 3 N–H and O–H groups in total. The molecule has 0 radical (unpaired) electrons. The second-order valence-electron chi connectivity index (χ2n) is 5.93. The molecule has 0 saturated carbocycles. The summed E-state index contributed by atoms with van der Waals surface area (Å²) in [7, 11) is 0. The Morgan fingerprint density at radius 2 is 1.88 bits per heavy atom. The Hall–Kier alpha value is -2.02. The van der Waals surface area contributed by atoms with Gasteiger partial charge in [0, 0.05) is 24.5 Å². The molecule has 0 aliphatic carbocycles. The molecule has 0 fully saturated rings. The van der Waals surface area contributed by atoms with Crippen LogP contribution < -0.4 is 0 Å². The van der Waals surface area contributed by atoms with Crippen molar-refractivity contribution in [1.82, 2.24) is 0 Å². The third kappa shape index (κ3) is 4.78. The number of aromatic hydroxyl groups is 2. The number of carbonyl (C=O) groups is 2. The van der Waals surface area contributed by atoms with Gasteiger partial charge in [-0.25, -0.2) is 4.79 Å². The Balaban J connectivity index is 2.51. The van der Waals surface area contributed by atoms with E-state index in [0.717, 1.165) is 6.07 Å². The van der Waals surface area contributed by atoms with Crippen molar-refractivity contribution < 1.29 is 29.6 Å². The molecule has 3 unspecified atom stereocenters. The third-order valence-corrected chi connectivity index (χ3v) is 4.67. The quantitative estimate of drug-likeness (QED) is 0.456. The van der Waals surface area contributed by atoms with Gasteiger partial charge >= 0.3 is 5.97 Å². The van der Waals surface area contributed by atoms with Gasteiger partial charge in [0.15, 0.2) is 5.78 Å². The molecule has 0 spiro atoms. The van der Waals surface area contributed by atoms with E-state index in [2.05, 4.69) is 0 Å². The molecule has 8 heteroatoms. The predicted molar refractivity (Wildman–Crippen MR) is 96.9 cm³/mol. The molecule has 6 nitrogen and oxygen atoms in total. The minimum Gasteiger partial charge on any atom is -0.507 e. The van der Waals surface area contributed by atoms with Crippen molar-refractivity contribution in [2.24, 2.45) is 0 Å². The summed E-state index contributed by atoms with van der Waals surface area (Å²) in [6, 6.07) is 0.906. The van der Waals surface area contributed by atoms with Gasteiger partial charge in [0.2, 0.25) is 0 Å². The number of carbonyl (C=O) groups excluding carboxylic acids is 2. The van der Waals surface area contributed by atoms with Crippen molar-refractivity contribution >= 4 is 35.0 Å². The van der Waals surface area contributed by atoms with Crippen LogP contribution in [0.4, 0.5) is 0 Å². The highest BCUT2D eigenvalue weighted by atomic mass is 35.5. The molecule has 26 heavy (non-hydrogen) atoms. The zero-order valence-electron chi connectivity index (χ0n) is 13.9. The fourth-order valence-electron chi connectivity index (χ4n) is 2.53. The Kier molecular flexibility index (Phi) is 6.69. The number of benzene rings is 1. The highest BCUT2D eigenvalue weighted by Crippen LogP contribution is 2.37. The molecular weight excluding hydrogens is 383 g/mol. The highest BCUT2D eigenvalue weighted by molar-refractivity contribution is 6.33. The Morgan fingerprint density at radius 1 is 1.19 bits per heavy atom. The number of esters is 1. The topological polar surface area (TPSA) is 104 Å². The number of ketones is 1. The van der Waals surface area contributed by atoms with E-state index in [9.17, 15) is 24.9 Å². The minimum atomic E-state index is -0.987. The predicted octanol–water partition coefficient (Wildman–Crippen LogP) is 2.89. The van der Waals surface area contributed by atoms with Gasteiger partial charge in [-0.3, -0.25) is 4.79 Å². The first-order chi connectivity index (χ1) is 12.2. The van der Waals surface area contributed by atoms with Gasteiger partial charge in [0.1, 0.15) is 23.2 Å². The van der Waals surface area contributed by atoms with Gasteiger partial charge in [-0.15, -0.1) is 11.6 Å². The van der Waals surface area contributed by atoms with Crippen LogP contribution in [0.25, 0.3) is 0 Å². The number of alkyl halides is 1. The average molecular weight is 401 g/mol. The van der Waals surface area contributed by atoms with Crippen molar-refractivity contribution in [1.29, 1.82) is 0 Å². The maximum Gasteiger partial charge on any atom is 0.342 e. The number of fused-ring (bicyclic) bond motifs is 1. The molecule has 1 aromatic carbocycles. The van der Waals surface area contributed by atoms with Crippen LogP contribution in [0.3, 0.4) is 0 Å². The number of ether oxygens (including phenoxy) is 1. The molecule has 1 heterocycles. The lowest BCUT2D eigenvalue weighted by molar-refractivity contribution is -0.114. The van der Waals surface area contributed by atoms with Crippen molar-refractivity contribution in [2.45, 2.75) is 37.4 Å². The standard InChI is InChI=1S/C18H18Cl2O6/c1-9-6-13(22)12(19)5-3-2-4-10(21)7-11-16(18(25)26-9)14(23)8-15(24)17(11)20/h2-5,8-9,12-13,22-24H,6-7H2,1H3. The van der Waals surface area contributed by atoms with Crippen LogP contribution in [-0.2, 0) is 16.0 Å². The first-order valence-corrected chi connectivity index (χ1v) is 8.66. The first-order valence-electron chi connectivity index (χ1n) is 7.84. The van der Waals surface area contributed by atoms with Gasteiger partial charge < -0.3 is 20.1 Å². The van der Waals surface area contributed by atoms with Crippen LogP contribution in [-0.4, -0.2) is 44.7 Å². The van der Waals surface area contributed by atoms with E-state index >= 15 is 0 Å². The van der Waals surface area contributed by atoms with Crippen LogP contribution in [0.5, 0.6) is 11.5 Å². The van der Waals surface area contributed by atoms with Crippen molar-refractivity contribution in [3.8, 4) is 11.5 Å². The molecule has 1 aliphatic rings. The van der Waals surface area contributed by atoms with Crippen LogP contribution in [0.15, 0.2) is 30.4 Å². The average Bonchev–Trinajstić information content (AvgIpc) is 2.54. The van der Waals surface area contributed by atoms with Gasteiger partial charge in [-0.2, -0.15) is 0 Å². The summed E-state index contributed by atoms with van der Waals surface area (Å²) in [5, 5.41) is 29.0. The molecule has 0 bridgehead atoms. The molecule has 0 aromatic heterocycles. The van der Waals surface area contributed by atoms with Gasteiger partial charge in [0.25, 0.3) is 0 Å². The summed E-state index contributed by atoms with van der Waals surface area (Å²) in [6.07, 6.45) is 3.73. The number of phenolic OH excluding ortho intramolecular Hbond substituents is 2. The number of allylic oxidation sites excluding steroid dienone is 3. The molecular formula is C18H18Cl2O6. The van der Waals surface area contributed by atoms with Crippen LogP contribution in [0.1, 0.15) is 29.3 Å². The minimum absolute atomic E-state index is 0.0344. The van der Waals surface area contributed by atoms with Crippen LogP contribution in [0.2, 0.25) is 5.02 Å². The second kappa shape index (κ2) is 8.58. The highest BCUT2D eigenvalue weighted by Gasteiger charge is 2.27. The number of aliphatic hydroxyl groups excluding tert-OH is 1. The number of rotatable bonds is 0. The van der Waals surface area contributed by atoms with E-state index in [0.29, 0.717) is 0 Å². The van der Waals surface area contributed by atoms with E-state index < -0.39 is 40.8 Å². The zero-order valence-corrected chi connectivity index (χ0v) is 15.4. The van der Waals surface area contributed by atoms with Crippen molar-refractivity contribution in [3.05, 3.63) is 46.5 Å². The smallest absolute Gasteiger partial charge is 0.342 e. The monoisotopic (exact) mass is 400 g/mol. The fourth-order valence-corrected chi connectivity index (χ4v) is 2.93. The summed E-state index contributed by atoms with van der Waals surface area (Å²) in [5.41, 5.74) is -0.335. The number of halogens is 2. The summed E-state index contributed by atoms with van der Waals surface area (Å²) in [6.45, 7) is 1.56. The summed E-state index contributed by atoms with van der Waals surface area (Å²) < 4.78 is 5.24. The summed E-state index contributed by atoms with van der Waals surface area (Å²) in [4.78, 5) is 24.6. The Bertz CT molecular complexity index is 771. The first kappa shape index (κ1) is 20.3. The van der Waals surface area contributed by atoms with Gasteiger partial charge in [-0.05, 0) is 13.0 Å². The lowest BCUT2D eigenvalue weighted by atomic mass is 9.99. The molecule has 0 saturated heterocycles. The Labute approximate surface area is 160 Å². The third-order valence-electron chi connectivity index (χ3n) is 3.81. The lowest BCUT2D eigenvalue weighted by Gasteiger charge is -2.20. The molecule has 3 atom stereocenters. The number of hydrogen-bond acceptors (Lipinski definition) is 6. The van der Waals surface area contributed by atoms with Gasteiger partial charge in [-0.1, -0.05) is 29.8 Å². The number of phenols is 2. The van der Waals surface area contributed by atoms with Crippen molar-refractivity contribution in [2.75, 3.05) is 0 Å². The number of aliphatic hydroxyl groups is 1. The Morgan fingerprint density at radius 3 is 2.58 bits per heavy atom. The van der Waals surface area contributed by atoms with E-state index in [4.69, 9.17) is 27.9 Å². The largest absolute Gasteiger partial charge is 0.507 e. The fraction of sp³-hybridized carbons (Fsp3) is 0.333. The van der Waals surface area contributed by atoms with E-state index in [1.807, 2.05) is 0 Å². The van der Waals surface area contributed by atoms with Gasteiger partial charge in [0.05, 0.1) is 16.5 Å². The van der Waals surface area contributed by atoms with E-state index in [-0.39, 0.29) is 29.0 Å². The molecule has 2 rings (SSSR count). The molecule has 1 aliphatic heterocycles. The molecule has 1 aromatic rings.